The van der Waals surface area contributed by atoms with Gasteiger partial charge in [-0.2, -0.15) is 13.5 Å². The SMILES string of the molecule is COc1cc(/C=N/NC(=O)c2ccccc2O)ccc1OS(=O)(=O)c1ccc(Cl)cc1. The number of aromatic hydroxyl groups is 1. The molecule has 0 aliphatic heterocycles. The van der Waals surface area contributed by atoms with E-state index in [1.54, 1.807) is 12.1 Å². The molecule has 3 aromatic carbocycles. The molecule has 0 aliphatic rings. The summed E-state index contributed by atoms with van der Waals surface area (Å²) in [6, 6.07) is 16.0. The Morgan fingerprint density at radius 2 is 1.77 bits per heavy atom. The van der Waals surface area contributed by atoms with Crippen molar-refractivity contribution in [2.45, 2.75) is 4.90 Å². The van der Waals surface area contributed by atoms with Gasteiger partial charge in [-0.05, 0) is 60.2 Å². The number of ether oxygens (including phenoxy) is 1. The van der Waals surface area contributed by atoms with Crippen LogP contribution in [0.5, 0.6) is 17.2 Å². The smallest absolute Gasteiger partial charge is 0.339 e. The van der Waals surface area contributed by atoms with Crippen molar-refractivity contribution in [3.63, 3.8) is 0 Å². The second kappa shape index (κ2) is 9.50. The first-order chi connectivity index (χ1) is 14.8. The second-order valence-corrected chi connectivity index (χ2v) is 8.10. The van der Waals surface area contributed by atoms with Crippen LogP contribution in [0.3, 0.4) is 0 Å². The Bertz CT molecular complexity index is 1230. The van der Waals surface area contributed by atoms with Gasteiger partial charge in [-0.15, -0.1) is 0 Å². The molecule has 0 aromatic heterocycles. The number of amides is 1. The molecule has 31 heavy (non-hydrogen) atoms. The van der Waals surface area contributed by atoms with E-state index in [9.17, 15) is 18.3 Å². The number of benzene rings is 3. The summed E-state index contributed by atoms with van der Waals surface area (Å²) in [6.45, 7) is 0. The Morgan fingerprint density at radius 3 is 2.45 bits per heavy atom. The number of hydrogen-bond donors (Lipinski definition) is 2. The highest BCUT2D eigenvalue weighted by Crippen LogP contribution is 2.30. The Kier molecular flexibility index (Phi) is 6.78. The summed E-state index contributed by atoms with van der Waals surface area (Å²) in [5.41, 5.74) is 2.88. The minimum Gasteiger partial charge on any atom is -0.507 e. The van der Waals surface area contributed by atoms with Crippen molar-refractivity contribution < 1.29 is 27.2 Å². The molecule has 0 atom stereocenters. The summed E-state index contributed by atoms with van der Waals surface area (Å²) >= 11 is 5.78. The van der Waals surface area contributed by atoms with E-state index in [0.717, 1.165) is 0 Å². The standard InChI is InChI=1S/C21H17ClN2O6S/c1-29-20-12-14(13-23-24-21(26)17-4-2-3-5-18(17)25)6-11-19(20)30-31(27,28)16-9-7-15(22)8-10-16/h2-13,25H,1H3,(H,24,26)/b23-13+. The molecule has 0 saturated carbocycles. The van der Waals surface area contributed by atoms with Crippen LogP contribution in [0.1, 0.15) is 15.9 Å². The van der Waals surface area contributed by atoms with Crippen LogP contribution in [0.25, 0.3) is 0 Å². The second-order valence-electron chi connectivity index (χ2n) is 6.12. The first-order valence-electron chi connectivity index (χ1n) is 8.79. The number of hydrazone groups is 1. The van der Waals surface area contributed by atoms with Crippen molar-refractivity contribution in [1.29, 1.82) is 0 Å². The maximum Gasteiger partial charge on any atom is 0.339 e. The highest BCUT2D eigenvalue weighted by molar-refractivity contribution is 7.87. The van der Waals surface area contributed by atoms with Crippen LogP contribution in [-0.2, 0) is 10.1 Å². The zero-order valence-corrected chi connectivity index (χ0v) is 17.7. The van der Waals surface area contributed by atoms with E-state index in [2.05, 4.69) is 10.5 Å². The fourth-order valence-electron chi connectivity index (χ4n) is 2.49. The number of halogens is 1. The van der Waals surface area contributed by atoms with Crippen molar-refractivity contribution >= 4 is 33.8 Å². The first kappa shape index (κ1) is 22.1. The van der Waals surface area contributed by atoms with Gasteiger partial charge in [-0.3, -0.25) is 4.79 Å². The fourth-order valence-corrected chi connectivity index (χ4v) is 3.56. The van der Waals surface area contributed by atoms with Crippen LogP contribution in [0.4, 0.5) is 0 Å². The van der Waals surface area contributed by atoms with E-state index in [-0.39, 0.29) is 27.7 Å². The molecule has 0 fully saturated rings. The third-order valence-electron chi connectivity index (χ3n) is 4.02. The molecule has 160 valence electrons. The number of hydrogen-bond acceptors (Lipinski definition) is 7. The zero-order chi connectivity index (χ0) is 22.4. The van der Waals surface area contributed by atoms with Gasteiger partial charge in [0, 0.05) is 5.02 Å². The molecule has 0 saturated heterocycles. The highest BCUT2D eigenvalue weighted by atomic mass is 35.5. The molecule has 0 bridgehead atoms. The predicted molar refractivity (Wildman–Crippen MR) is 115 cm³/mol. The lowest BCUT2D eigenvalue weighted by Gasteiger charge is -2.11. The van der Waals surface area contributed by atoms with Gasteiger partial charge in [-0.1, -0.05) is 23.7 Å². The molecule has 0 radical (unpaired) electrons. The molecule has 1 amide bonds. The number of rotatable bonds is 7. The van der Waals surface area contributed by atoms with Crippen molar-refractivity contribution in [1.82, 2.24) is 5.43 Å². The van der Waals surface area contributed by atoms with Gasteiger partial charge in [0.1, 0.15) is 10.6 Å². The third-order valence-corrected chi connectivity index (χ3v) is 5.52. The van der Waals surface area contributed by atoms with Crippen molar-refractivity contribution in [2.75, 3.05) is 7.11 Å². The van der Waals surface area contributed by atoms with E-state index in [1.165, 1.54) is 67.9 Å². The monoisotopic (exact) mass is 460 g/mol. The summed E-state index contributed by atoms with van der Waals surface area (Å²) < 4.78 is 35.3. The lowest BCUT2D eigenvalue weighted by Crippen LogP contribution is -2.17. The first-order valence-corrected chi connectivity index (χ1v) is 10.6. The van der Waals surface area contributed by atoms with Gasteiger partial charge in [0.2, 0.25) is 0 Å². The average molecular weight is 461 g/mol. The average Bonchev–Trinajstić information content (AvgIpc) is 2.75. The van der Waals surface area contributed by atoms with Gasteiger partial charge >= 0.3 is 10.1 Å². The summed E-state index contributed by atoms with van der Waals surface area (Å²) in [7, 11) is -2.73. The van der Waals surface area contributed by atoms with E-state index in [0.29, 0.717) is 10.6 Å². The van der Waals surface area contributed by atoms with Gasteiger partial charge in [-0.25, -0.2) is 5.43 Å². The molecule has 0 unspecified atom stereocenters. The summed E-state index contributed by atoms with van der Waals surface area (Å²) in [4.78, 5) is 12.0. The quantitative estimate of drug-likeness (QED) is 0.316. The maximum atomic E-state index is 12.5. The molecule has 2 N–H and O–H groups in total. The van der Waals surface area contributed by atoms with Crippen molar-refractivity contribution in [2.24, 2.45) is 5.10 Å². The number of carbonyl (C=O) groups excluding carboxylic acids is 1. The predicted octanol–water partition coefficient (Wildman–Crippen LogP) is 3.59. The normalized spacial score (nSPS) is 11.3. The molecule has 3 aromatic rings. The lowest BCUT2D eigenvalue weighted by atomic mass is 10.2. The molecule has 0 heterocycles. The van der Waals surface area contributed by atoms with Crippen molar-refractivity contribution in [3.05, 3.63) is 82.9 Å². The Hall–Kier alpha value is -3.56. The lowest BCUT2D eigenvalue weighted by molar-refractivity contribution is 0.0952. The van der Waals surface area contributed by atoms with Crippen LogP contribution >= 0.6 is 11.6 Å². The Balaban J connectivity index is 1.74. The number of methoxy groups -OCH3 is 1. The summed E-state index contributed by atoms with van der Waals surface area (Å²) in [5, 5.41) is 13.9. The molecule has 0 aliphatic carbocycles. The molecule has 3 rings (SSSR count). The third kappa shape index (κ3) is 5.53. The van der Waals surface area contributed by atoms with Crippen LogP contribution < -0.4 is 14.3 Å². The minimum absolute atomic E-state index is 0.0205. The Morgan fingerprint density at radius 1 is 1.06 bits per heavy atom. The molecule has 10 heteroatoms. The number of phenolic OH excluding ortho intramolecular Hbond substituents is 1. The molecular weight excluding hydrogens is 444 g/mol. The van der Waals surface area contributed by atoms with E-state index >= 15 is 0 Å². The minimum atomic E-state index is -4.09. The molecule has 8 nitrogen and oxygen atoms in total. The van der Waals surface area contributed by atoms with Gasteiger partial charge in [0.15, 0.2) is 11.5 Å². The largest absolute Gasteiger partial charge is 0.507 e. The van der Waals surface area contributed by atoms with Crippen molar-refractivity contribution in [3.8, 4) is 17.2 Å². The highest BCUT2D eigenvalue weighted by Gasteiger charge is 2.19. The number of nitrogens with zero attached hydrogens (tertiary/aromatic N) is 1. The number of nitrogens with one attached hydrogen (secondary N) is 1. The molecule has 0 spiro atoms. The zero-order valence-electron chi connectivity index (χ0n) is 16.2. The number of carbonyl (C=O) groups is 1. The van der Waals surface area contributed by atoms with E-state index < -0.39 is 16.0 Å². The van der Waals surface area contributed by atoms with Gasteiger partial charge in [0.05, 0.1) is 18.9 Å². The molecular formula is C21H17ClN2O6S. The number of para-hydroxylation sites is 1. The van der Waals surface area contributed by atoms with Crippen LogP contribution in [0, 0.1) is 0 Å². The van der Waals surface area contributed by atoms with E-state index in [4.69, 9.17) is 20.5 Å². The summed E-state index contributed by atoms with van der Waals surface area (Å²) in [5.74, 6) is -0.628. The van der Waals surface area contributed by atoms with E-state index in [1.807, 2.05) is 0 Å². The number of phenols is 1. The van der Waals surface area contributed by atoms with Crippen LogP contribution in [0.15, 0.2) is 76.7 Å². The van der Waals surface area contributed by atoms with Crippen LogP contribution in [0.2, 0.25) is 5.02 Å². The maximum absolute atomic E-state index is 12.5. The van der Waals surface area contributed by atoms with Crippen LogP contribution in [-0.4, -0.2) is 32.8 Å². The van der Waals surface area contributed by atoms with Gasteiger partial charge in [0.25, 0.3) is 5.91 Å². The fraction of sp³-hybridized carbons (Fsp3) is 0.0476. The summed E-state index contributed by atoms with van der Waals surface area (Å²) in [6.07, 6.45) is 1.33. The van der Waals surface area contributed by atoms with Gasteiger partial charge < -0.3 is 14.0 Å². The Labute approximate surface area is 183 Å². The topological polar surface area (TPSA) is 114 Å².